The summed E-state index contributed by atoms with van der Waals surface area (Å²) in [5.41, 5.74) is 0. The Morgan fingerprint density at radius 3 is 3.00 bits per heavy atom. The second-order valence-corrected chi connectivity index (χ2v) is 1.19. The molecule has 0 saturated carbocycles. The van der Waals surface area contributed by atoms with Gasteiger partial charge in [0.2, 0.25) is 0 Å². The van der Waals surface area contributed by atoms with Gasteiger partial charge in [0.05, 0.1) is 6.54 Å². The molecule has 3 nitrogen and oxygen atoms in total. The SMILES string of the molecule is O=C1[N]CC=CN1. The number of carbonyl (C=O) groups excluding carboxylic acids is 1. The highest BCUT2D eigenvalue weighted by Gasteiger charge is 1.98. The third-order valence-electron chi connectivity index (χ3n) is 0.665. The average Bonchev–Trinajstić information content (AvgIpc) is 1.69. The number of nitrogens with one attached hydrogen (secondary N) is 1. The van der Waals surface area contributed by atoms with Crippen LogP contribution in [0.2, 0.25) is 0 Å². The van der Waals surface area contributed by atoms with Crippen molar-refractivity contribution in [3.8, 4) is 0 Å². The molecular weight excluding hydrogens is 92.1 g/mol. The van der Waals surface area contributed by atoms with Crippen molar-refractivity contribution in [1.82, 2.24) is 10.6 Å². The van der Waals surface area contributed by atoms with E-state index in [-0.39, 0.29) is 6.03 Å². The van der Waals surface area contributed by atoms with Gasteiger partial charge >= 0.3 is 6.03 Å². The molecule has 1 aliphatic heterocycles. The van der Waals surface area contributed by atoms with Gasteiger partial charge < -0.3 is 5.32 Å². The maximum Gasteiger partial charge on any atom is 0.340 e. The molecule has 0 aliphatic carbocycles. The van der Waals surface area contributed by atoms with Gasteiger partial charge in [0.15, 0.2) is 0 Å². The van der Waals surface area contributed by atoms with Gasteiger partial charge in [-0.05, 0) is 6.08 Å². The fourth-order valence-electron chi connectivity index (χ4n) is 0.364. The molecule has 1 N–H and O–H groups in total. The molecule has 3 heteroatoms. The van der Waals surface area contributed by atoms with Crippen LogP contribution < -0.4 is 10.6 Å². The Labute approximate surface area is 41.4 Å². The van der Waals surface area contributed by atoms with Crippen molar-refractivity contribution in [2.45, 2.75) is 0 Å². The van der Waals surface area contributed by atoms with E-state index < -0.39 is 0 Å². The number of rotatable bonds is 0. The number of carbonyl (C=O) groups is 1. The molecule has 37 valence electrons. The van der Waals surface area contributed by atoms with E-state index in [9.17, 15) is 4.79 Å². The first-order valence-corrected chi connectivity index (χ1v) is 2.02. The summed E-state index contributed by atoms with van der Waals surface area (Å²) in [5, 5.41) is 5.89. The van der Waals surface area contributed by atoms with E-state index in [1.807, 2.05) is 0 Å². The first-order valence-electron chi connectivity index (χ1n) is 2.02. The van der Waals surface area contributed by atoms with E-state index in [1.54, 1.807) is 12.3 Å². The lowest BCUT2D eigenvalue weighted by atomic mass is 10.5. The predicted octanol–water partition coefficient (Wildman–Crippen LogP) is -0.172. The summed E-state index contributed by atoms with van der Waals surface area (Å²) in [6, 6.07) is -0.248. The highest BCUT2D eigenvalue weighted by Crippen LogP contribution is 1.77. The van der Waals surface area contributed by atoms with Crippen LogP contribution in [-0.4, -0.2) is 12.6 Å². The zero-order valence-corrected chi connectivity index (χ0v) is 3.72. The number of hydrogen-bond donors (Lipinski definition) is 1. The molecule has 0 unspecified atom stereocenters. The maximum atomic E-state index is 10.1. The topological polar surface area (TPSA) is 43.2 Å². The second-order valence-electron chi connectivity index (χ2n) is 1.19. The van der Waals surface area contributed by atoms with Gasteiger partial charge in [-0.25, -0.2) is 10.1 Å². The summed E-state index contributed by atoms with van der Waals surface area (Å²) in [6.07, 6.45) is 3.37. The zero-order chi connectivity index (χ0) is 5.11. The molecule has 0 saturated heterocycles. The van der Waals surface area contributed by atoms with E-state index >= 15 is 0 Å². The third kappa shape index (κ3) is 0.924. The Bertz CT molecular complexity index is 108. The minimum atomic E-state index is -0.248. The Morgan fingerprint density at radius 2 is 2.71 bits per heavy atom. The quantitative estimate of drug-likeness (QED) is 0.448. The number of nitrogens with zero attached hydrogens (tertiary/aromatic N) is 1. The Balaban J connectivity index is 2.47. The van der Waals surface area contributed by atoms with E-state index in [2.05, 4.69) is 10.6 Å². The number of amides is 2. The molecule has 7 heavy (non-hydrogen) atoms. The predicted molar refractivity (Wildman–Crippen MR) is 24.7 cm³/mol. The third-order valence-corrected chi connectivity index (χ3v) is 0.665. The Kier molecular flexibility index (Phi) is 0.978. The van der Waals surface area contributed by atoms with Gasteiger partial charge in [-0.1, -0.05) is 0 Å². The van der Waals surface area contributed by atoms with Crippen LogP contribution in [0.1, 0.15) is 0 Å². The lowest BCUT2D eigenvalue weighted by Gasteiger charge is -2.01. The molecule has 0 bridgehead atoms. The minimum absolute atomic E-state index is 0.248. The molecule has 0 aromatic rings. The molecule has 1 rings (SSSR count). The first-order chi connectivity index (χ1) is 3.39. The minimum Gasteiger partial charge on any atom is -0.313 e. The summed E-state index contributed by atoms with van der Waals surface area (Å²) in [4.78, 5) is 10.1. The summed E-state index contributed by atoms with van der Waals surface area (Å²) in [6.45, 7) is 0.520. The van der Waals surface area contributed by atoms with E-state index in [0.29, 0.717) is 6.54 Å². The molecule has 1 heterocycles. The van der Waals surface area contributed by atoms with Gasteiger partial charge in [-0.3, -0.25) is 0 Å². The van der Waals surface area contributed by atoms with Crippen LogP contribution in [0.5, 0.6) is 0 Å². The maximum absolute atomic E-state index is 10.1. The van der Waals surface area contributed by atoms with Gasteiger partial charge in [0.25, 0.3) is 0 Å². The van der Waals surface area contributed by atoms with E-state index in [1.165, 1.54) is 0 Å². The second kappa shape index (κ2) is 1.64. The molecule has 0 aromatic carbocycles. The van der Waals surface area contributed by atoms with Crippen LogP contribution in [0.15, 0.2) is 12.3 Å². The summed E-state index contributed by atoms with van der Waals surface area (Å²) in [7, 11) is 0. The summed E-state index contributed by atoms with van der Waals surface area (Å²) in [5.74, 6) is 0. The highest BCUT2D eigenvalue weighted by atomic mass is 16.2. The lowest BCUT2D eigenvalue weighted by Crippen LogP contribution is -2.29. The number of urea groups is 1. The van der Waals surface area contributed by atoms with Crippen LogP contribution in [0.3, 0.4) is 0 Å². The van der Waals surface area contributed by atoms with Crippen molar-refractivity contribution in [1.29, 1.82) is 0 Å². The molecule has 0 aromatic heterocycles. The Hall–Kier alpha value is -0.990. The van der Waals surface area contributed by atoms with Crippen molar-refractivity contribution in [3.63, 3.8) is 0 Å². The monoisotopic (exact) mass is 97.0 g/mol. The molecule has 2 amide bonds. The lowest BCUT2D eigenvalue weighted by molar-refractivity contribution is 0.243. The summed E-state index contributed by atoms with van der Waals surface area (Å²) >= 11 is 0. The van der Waals surface area contributed by atoms with E-state index in [4.69, 9.17) is 0 Å². The van der Waals surface area contributed by atoms with Crippen LogP contribution in [0, 0.1) is 0 Å². The van der Waals surface area contributed by atoms with Crippen LogP contribution in [-0.2, 0) is 0 Å². The highest BCUT2D eigenvalue weighted by molar-refractivity contribution is 5.75. The first kappa shape index (κ1) is 4.18. The van der Waals surface area contributed by atoms with E-state index in [0.717, 1.165) is 0 Å². The van der Waals surface area contributed by atoms with Crippen LogP contribution in [0.25, 0.3) is 0 Å². The van der Waals surface area contributed by atoms with Gasteiger partial charge in [0.1, 0.15) is 0 Å². The van der Waals surface area contributed by atoms with Gasteiger partial charge in [0, 0.05) is 6.20 Å². The molecule has 0 atom stereocenters. The normalized spacial score (nSPS) is 18.0. The van der Waals surface area contributed by atoms with Crippen molar-refractivity contribution >= 4 is 6.03 Å². The zero-order valence-electron chi connectivity index (χ0n) is 3.72. The molecular formula is C4H5N2O. The molecule has 0 fully saturated rings. The number of hydrogen-bond acceptors (Lipinski definition) is 1. The van der Waals surface area contributed by atoms with Gasteiger partial charge in [-0.15, -0.1) is 0 Å². The van der Waals surface area contributed by atoms with Crippen molar-refractivity contribution < 1.29 is 4.79 Å². The average molecular weight is 97.1 g/mol. The largest absolute Gasteiger partial charge is 0.340 e. The summed E-state index contributed by atoms with van der Waals surface area (Å²) < 4.78 is 0. The van der Waals surface area contributed by atoms with Crippen molar-refractivity contribution in [3.05, 3.63) is 12.3 Å². The standard InChI is InChI=1S/C4H5N2O/c7-4-5-2-1-3-6-4/h1-2H,3H2,(H,5,7). The molecule has 1 radical (unpaired) electrons. The van der Waals surface area contributed by atoms with Crippen molar-refractivity contribution in [2.24, 2.45) is 0 Å². The fourth-order valence-corrected chi connectivity index (χ4v) is 0.364. The van der Waals surface area contributed by atoms with Gasteiger partial charge in [-0.2, -0.15) is 0 Å². The smallest absolute Gasteiger partial charge is 0.313 e. The Morgan fingerprint density at radius 1 is 1.86 bits per heavy atom. The molecule has 1 aliphatic rings. The van der Waals surface area contributed by atoms with Crippen LogP contribution in [0.4, 0.5) is 4.79 Å². The van der Waals surface area contributed by atoms with Crippen molar-refractivity contribution in [2.75, 3.05) is 6.54 Å². The molecule has 0 spiro atoms. The fraction of sp³-hybridized carbons (Fsp3) is 0.250. The van der Waals surface area contributed by atoms with Crippen LogP contribution >= 0.6 is 0 Å².